The van der Waals surface area contributed by atoms with Crippen LogP contribution in [-0.2, 0) is 19.0 Å². The molecule has 2 rings (SSSR count). The molecule has 0 radical (unpaired) electrons. The van der Waals surface area contributed by atoms with Crippen molar-refractivity contribution in [2.45, 2.75) is 31.2 Å². The van der Waals surface area contributed by atoms with E-state index in [-0.39, 0.29) is 30.8 Å². The van der Waals surface area contributed by atoms with Gasteiger partial charge in [0.05, 0.1) is 6.10 Å². The molecule has 6 nitrogen and oxygen atoms in total. The van der Waals surface area contributed by atoms with Crippen LogP contribution in [0.3, 0.4) is 0 Å². The van der Waals surface area contributed by atoms with E-state index in [9.17, 15) is 4.79 Å². The molecule has 110 valence electrons. The molecule has 2 aliphatic heterocycles. The molecule has 0 saturated carbocycles. The van der Waals surface area contributed by atoms with E-state index in [1.165, 1.54) is 0 Å². The molecule has 2 aliphatic rings. The van der Waals surface area contributed by atoms with Crippen molar-refractivity contribution in [3.8, 4) is 0 Å². The van der Waals surface area contributed by atoms with Gasteiger partial charge in [-0.3, -0.25) is 4.79 Å². The van der Waals surface area contributed by atoms with Gasteiger partial charge in [0.25, 0.3) is 0 Å². The summed E-state index contributed by atoms with van der Waals surface area (Å²) in [6, 6.07) is 0. The van der Waals surface area contributed by atoms with Crippen LogP contribution in [0.25, 0.3) is 0 Å². The fourth-order valence-corrected chi connectivity index (χ4v) is 2.64. The summed E-state index contributed by atoms with van der Waals surface area (Å²) >= 11 is 0. The Morgan fingerprint density at radius 2 is 1.74 bits per heavy atom. The highest BCUT2D eigenvalue weighted by molar-refractivity contribution is 5.77. The summed E-state index contributed by atoms with van der Waals surface area (Å²) in [7, 11) is 3.30. The molecule has 2 unspecified atom stereocenters. The Labute approximate surface area is 114 Å². The lowest BCUT2D eigenvalue weighted by atomic mass is 10.1. The molecule has 2 fully saturated rings. The molecule has 0 aromatic carbocycles. The molecule has 2 atom stereocenters. The second-order valence-corrected chi connectivity index (χ2v) is 5.11. The number of amides is 1. The Morgan fingerprint density at radius 3 is 2.26 bits per heavy atom. The number of nitrogens with one attached hydrogen (secondary N) is 1. The maximum Gasteiger partial charge on any atom is 0.248 e. The van der Waals surface area contributed by atoms with Crippen molar-refractivity contribution in [3.05, 3.63) is 0 Å². The van der Waals surface area contributed by atoms with Crippen LogP contribution in [0.2, 0.25) is 0 Å². The first kappa shape index (κ1) is 14.7. The second kappa shape index (κ2) is 7.19. The number of nitrogens with zero attached hydrogens (tertiary/aromatic N) is 1. The molecule has 0 bridgehead atoms. The summed E-state index contributed by atoms with van der Waals surface area (Å²) in [6.45, 7) is 3.28. The average Bonchev–Trinajstić information content (AvgIpc) is 2.89. The third kappa shape index (κ3) is 3.89. The van der Waals surface area contributed by atoms with Crippen LogP contribution < -0.4 is 5.32 Å². The van der Waals surface area contributed by atoms with E-state index in [0.717, 1.165) is 25.9 Å². The standard InChI is InChI=1S/C13H24N2O4/c1-17-11-7-15(8-12(11)18-2)13(16)9-19-10-3-5-14-6-4-10/h10-12,14H,3-9H2,1-2H3. The number of hydrogen-bond acceptors (Lipinski definition) is 5. The monoisotopic (exact) mass is 272 g/mol. The number of rotatable bonds is 5. The Morgan fingerprint density at radius 1 is 1.16 bits per heavy atom. The Hall–Kier alpha value is -0.690. The number of hydrogen-bond donors (Lipinski definition) is 1. The molecule has 19 heavy (non-hydrogen) atoms. The van der Waals surface area contributed by atoms with E-state index in [1.54, 1.807) is 19.1 Å². The minimum absolute atomic E-state index is 0.0279. The first-order chi connectivity index (χ1) is 9.24. The van der Waals surface area contributed by atoms with Gasteiger partial charge in [0.2, 0.25) is 5.91 Å². The molecule has 0 aliphatic carbocycles. The van der Waals surface area contributed by atoms with Crippen LogP contribution in [0.1, 0.15) is 12.8 Å². The maximum atomic E-state index is 12.1. The number of likely N-dealkylation sites (tertiary alicyclic amines) is 1. The average molecular weight is 272 g/mol. The lowest BCUT2D eigenvalue weighted by Gasteiger charge is -2.24. The molecule has 1 N–H and O–H groups in total. The van der Waals surface area contributed by atoms with Gasteiger partial charge in [0.15, 0.2) is 0 Å². The third-order valence-electron chi connectivity index (χ3n) is 3.90. The van der Waals surface area contributed by atoms with Crippen molar-refractivity contribution in [2.75, 3.05) is 47.0 Å². The summed E-state index contributed by atoms with van der Waals surface area (Å²) < 4.78 is 16.3. The van der Waals surface area contributed by atoms with E-state index in [1.807, 2.05) is 0 Å². The van der Waals surface area contributed by atoms with E-state index < -0.39 is 0 Å². The summed E-state index contributed by atoms with van der Waals surface area (Å²) in [4.78, 5) is 13.9. The van der Waals surface area contributed by atoms with Crippen molar-refractivity contribution < 1.29 is 19.0 Å². The van der Waals surface area contributed by atoms with Gasteiger partial charge in [-0.05, 0) is 25.9 Å². The summed E-state index contributed by atoms with van der Waals surface area (Å²) in [5.74, 6) is 0.0279. The second-order valence-electron chi connectivity index (χ2n) is 5.11. The minimum atomic E-state index is -0.0344. The Bertz CT molecular complexity index is 282. The van der Waals surface area contributed by atoms with Crippen LogP contribution in [0.4, 0.5) is 0 Å². The minimum Gasteiger partial charge on any atom is -0.377 e. The third-order valence-corrected chi connectivity index (χ3v) is 3.90. The molecule has 2 heterocycles. The van der Waals surface area contributed by atoms with Gasteiger partial charge in [-0.1, -0.05) is 0 Å². The van der Waals surface area contributed by atoms with Crippen LogP contribution >= 0.6 is 0 Å². The van der Waals surface area contributed by atoms with E-state index in [2.05, 4.69) is 5.32 Å². The quantitative estimate of drug-likeness (QED) is 0.740. The highest BCUT2D eigenvalue weighted by Crippen LogP contribution is 2.16. The topological polar surface area (TPSA) is 60.0 Å². The molecule has 0 aromatic rings. The van der Waals surface area contributed by atoms with Gasteiger partial charge in [0, 0.05) is 27.3 Å². The smallest absolute Gasteiger partial charge is 0.248 e. The van der Waals surface area contributed by atoms with Gasteiger partial charge in [-0.2, -0.15) is 0 Å². The molecule has 0 spiro atoms. The Kier molecular flexibility index (Phi) is 5.57. The van der Waals surface area contributed by atoms with Crippen LogP contribution in [-0.4, -0.2) is 76.1 Å². The van der Waals surface area contributed by atoms with Crippen LogP contribution in [0, 0.1) is 0 Å². The lowest BCUT2D eigenvalue weighted by molar-refractivity contribution is -0.138. The SMILES string of the molecule is COC1CN(C(=O)COC2CCNCC2)CC1OC. The number of carbonyl (C=O) groups excluding carboxylic acids is 1. The molecule has 6 heteroatoms. The zero-order valence-electron chi connectivity index (χ0n) is 11.8. The zero-order valence-corrected chi connectivity index (χ0v) is 11.8. The normalized spacial score (nSPS) is 28.8. The van der Waals surface area contributed by atoms with E-state index in [0.29, 0.717) is 13.1 Å². The van der Waals surface area contributed by atoms with Crippen molar-refractivity contribution in [2.24, 2.45) is 0 Å². The Balaban J connectivity index is 1.74. The van der Waals surface area contributed by atoms with Crippen molar-refractivity contribution >= 4 is 5.91 Å². The van der Waals surface area contributed by atoms with Crippen molar-refractivity contribution in [1.29, 1.82) is 0 Å². The van der Waals surface area contributed by atoms with Crippen LogP contribution in [0.5, 0.6) is 0 Å². The van der Waals surface area contributed by atoms with Gasteiger partial charge in [-0.25, -0.2) is 0 Å². The predicted molar refractivity (Wildman–Crippen MR) is 70.0 cm³/mol. The maximum absolute atomic E-state index is 12.1. The number of ether oxygens (including phenoxy) is 3. The van der Waals surface area contributed by atoms with E-state index in [4.69, 9.17) is 14.2 Å². The zero-order chi connectivity index (χ0) is 13.7. The highest BCUT2D eigenvalue weighted by Gasteiger charge is 2.35. The highest BCUT2D eigenvalue weighted by atomic mass is 16.5. The van der Waals surface area contributed by atoms with Gasteiger partial charge in [0.1, 0.15) is 18.8 Å². The van der Waals surface area contributed by atoms with Gasteiger partial charge >= 0.3 is 0 Å². The molecule has 0 aromatic heterocycles. The van der Waals surface area contributed by atoms with Crippen LogP contribution in [0.15, 0.2) is 0 Å². The first-order valence-electron chi connectivity index (χ1n) is 6.90. The summed E-state index contributed by atoms with van der Waals surface area (Å²) in [6.07, 6.45) is 2.11. The van der Waals surface area contributed by atoms with E-state index >= 15 is 0 Å². The fraction of sp³-hybridized carbons (Fsp3) is 0.923. The number of piperidine rings is 1. The van der Waals surface area contributed by atoms with Crippen molar-refractivity contribution in [1.82, 2.24) is 10.2 Å². The lowest BCUT2D eigenvalue weighted by Crippen LogP contribution is -2.37. The predicted octanol–water partition coefficient (Wildman–Crippen LogP) is -0.373. The molecular formula is C13H24N2O4. The molecular weight excluding hydrogens is 248 g/mol. The number of carbonyl (C=O) groups is 1. The number of methoxy groups -OCH3 is 2. The van der Waals surface area contributed by atoms with Crippen molar-refractivity contribution in [3.63, 3.8) is 0 Å². The van der Waals surface area contributed by atoms with Gasteiger partial charge in [-0.15, -0.1) is 0 Å². The van der Waals surface area contributed by atoms with Gasteiger partial charge < -0.3 is 24.4 Å². The molecule has 1 amide bonds. The first-order valence-corrected chi connectivity index (χ1v) is 6.90. The molecule has 2 saturated heterocycles. The summed E-state index contributed by atoms with van der Waals surface area (Å²) in [5.41, 5.74) is 0. The fourth-order valence-electron chi connectivity index (χ4n) is 2.64. The summed E-state index contributed by atoms with van der Waals surface area (Å²) in [5, 5.41) is 3.28. The largest absolute Gasteiger partial charge is 0.377 e.